The van der Waals surface area contributed by atoms with Gasteiger partial charge in [-0.2, -0.15) is 0 Å². The normalized spacial score (nSPS) is 19.8. The van der Waals surface area contributed by atoms with E-state index in [-0.39, 0.29) is 23.4 Å². The summed E-state index contributed by atoms with van der Waals surface area (Å²) in [6.45, 7) is 11.0. The Bertz CT molecular complexity index is 292. The standard InChI is InChI=1S/C15H31N3O/c1-6-12(16)14(15(2,3)4)17(5)11-13(19)18-9-7-8-10-18/h12,14H,6-11,16H2,1-5H3. The van der Waals surface area contributed by atoms with Crippen molar-refractivity contribution in [2.45, 2.75) is 59.0 Å². The lowest BCUT2D eigenvalue weighted by Crippen LogP contribution is -2.55. The van der Waals surface area contributed by atoms with Crippen molar-refractivity contribution in [3.63, 3.8) is 0 Å². The van der Waals surface area contributed by atoms with Crippen LogP contribution in [0.25, 0.3) is 0 Å². The molecule has 1 heterocycles. The quantitative estimate of drug-likeness (QED) is 0.826. The molecule has 1 amide bonds. The summed E-state index contributed by atoms with van der Waals surface area (Å²) in [6, 6.07) is 0.334. The minimum Gasteiger partial charge on any atom is -0.342 e. The minimum absolute atomic E-state index is 0.0788. The molecule has 4 nitrogen and oxygen atoms in total. The van der Waals surface area contributed by atoms with Gasteiger partial charge in [-0.05, 0) is 31.7 Å². The van der Waals surface area contributed by atoms with Crippen LogP contribution in [0.1, 0.15) is 47.0 Å². The lowest BCUT2D eigenvalue weighted by molar-refractivity contribution is -0.132. The molecule has 0 aromatic carbocycles. The molecule has 2 unspecified atom stereocenters. The maximum atomic E-state index is 12.2. The predicted octanol–water partition coefficient (Wildman–Crippen LogP) is 1.69. The summed E-state index contributed by atoms with van der Waals surface area (Å²) in [5.74, 6) is 0.248. The van der Waals surface area contributed by atoms with E-state index in [1.54, 1.807) is 0 Å². The summed E-state index contributed by atoms with van der Waals surface area (Å²) in [4.78, 5) is 16.4. The molecule has 1 rings (SSSR count). The van der Waals surface area contributed by atoms with Gasteiger partial charge in [-0.3, -0.25) is 9.69 Å². The van der Waals surface area contributed by atoms with E-state index in [2.05, 4.69) is 32.6 Å². The zero-order valence-electron chi connectivity index (χ0n) is 13.3. The third kappa shape index (κ3) is 4.46. The van der Waals surface area contributed by atoms with E-state index in [0.29, 0.717) is 6.54 Å². The van der Waals surface area contributed by atoms with Crippen LogP contribution >= 0.6 is 0 Å². The highest BCUT2D eigenvalue weighted by molar-refractivity contribution is 5.78. The highest BCUT2D eigenvalue weighted by Gasteiger charge is 2.34. The minimum atomic E-state index is 0.0788. The molecule has 1 aliphatic heterocycles. The number of carbonyl (C=O) groups is 1. The molecule has 0 aromatic rings. The van der Waals surface area contributed by atoms with Gasteiger partial charge in [-0.1, -0.05) is 27.7 Å². The van der Waals surface area contributed by atoms with Crippen molar-refractivity contribution in [1.29, 1.82) is 0 Å². The number of hydrogen-bond donors (Lipinski definition) is 1. The third-order valence-electron chi connectivity index (χ3n) is 4.08. The fraction of sp³-hybridized carbons (Fsp3) is 0.933. The Balaban J connectivity index is 2.66. The van der Waals surface area contributed by atoms with Gasteiger partial charge < -0.3 is 10.6 Å². The number of likely N-dealkylation sites (N-methyl/N-ethyl adjacent to an activating group) is 1. The molecule has 0 aliphatic carbocycles. The molecule has 1 saturated heterocycles. The predicted molar refractivity (Wildman–Crippen MR) is 80.0 cm³/mol. The Labute approximate surface area is 118 Å². The molecule has 0 spiro atoms. The average molecular weight is 269 g/mol. The average Bonchev–Trinajstić information content (AvgIpc) is 2.80. The van der Waals surface area contributed by atoms with Crippen LogP contribution in [0.15, 0.2) is 0 Å². The largest absolute Gasteiger partial charge is 0.342 e. The molecule has 0 bridgehead atoms. The first-order valence-electron chi connectivity index (χ1n) is 7.51. The van der Waals surface area contributed by atoms with Crippen LogP contribution in [-0.2, 0) is 4.79 Å². The van der Waals surface area contributed by atoms with E-state index >= 15 is 0 Å². The van der Waals surface area contributed by atoms with Crippen LogP contribution < -0.4 is 5.73 Å². The second-order valence-electron chi connectivity index (χ2n) is 6.89. The van der Waals surface area contributed by atoms with Crippen molar-refractivity contribution < 1.29 is 4.79 Å². The van der Waals surface area contributed by atoms with Gasteiger partial charge >= 0.3 is 0 Å². The van der Waals surface area contributed by atoms with E-state index in [9.17, 15) is 4.79 Å². The molecule has 4 heteroatoms. The molecule has 2 atom stereocenters. The summed E-state index contributed by atoms with van der Waals surface area (Å²) >= 11 is 0. The number of carbonyl (C=O) groups excluding carboxylic acids is 1. The zero-order chi connectivity index (χ0) is 14.6. The molecule has 1 aliphatic rings. The second kappa shape index (κ2) is 6.71. The van der Waals surface area contributed by atoms with Crippen molar-refractivity contribution in [2.75, 3.05) is 26.7 Å². The number of likely N-dealkylation sites (tertiary alicyclic amines) is 1. The third-order valence-corrected chi connectivity index (χ3v) is 4.08. The van der Waals surface area contributed by atoms with Crippen LogP contribution in [0, 0.1) is 5.41 Å². The Hall–Kier alpha value is -0.610. The van der Waals surface area contributed by atoms with Gasteiger partial charge in [-0.15, -0.1) is 0 Å². The Morgan fingerprint density at radius 1 is 1.32 bits per heavy atom. The van der Waals surface area contributed by atoms with E-state index in [4.69, 9.17) is 5.73 Å². The first-order valence-corrected chi connectivity index (χ1v) is 7.51. The Morgan fingerprint density at radius 2 is 1.84 bits per heavy atom. The lowest BCUT2D eigenvalue weighted by atomic mass is 9.80. The second-order valence-corrected chi connectivity index (χ2v) is 6.89. The van der Waals surface area contributed by atoms with Crippen LogP contribution in [-0.4, -0.2) is 54.5 Å². The molecular weight excluding hydrogens is 238 g/mol. The number of nitrogens with two attached hydrogens (primary N) is 1. The topological polar surface area (TPSA) is 49.6 Å². The fourth-order valence-electron chi connectivity index (χ4n) is 3.23. The van der Waals surface area contributed by atoms with Gasteiger partial charge in [0.05, 0.1) is 6.54 Å². The fourth-order valence-corrected chi connectivity index (χ4v) is 3.23. The van der Waals surface area contributed by atoms with Gasteiger partial charge in [0, 0.05) is 25.2 Å². The first-order chi connectivity index (χ1) is 8.77. The van der Waals surface area contributed by atoms with E-state index < -0.39 is 0 Å². The van der Waals surface area contributed by atoms with Crippen molar-refractivity contribution in [1.82, 2.24) is 9.80 Å². The van der Waals surface area contributed by atoms with Crippen molar-refractivity contribution in [3.8, 4) is 0 Å². The zero-order valence-corrected chi connectivity index (χ0v) is 13.3. The van der Waals surface area contributed by atoms with E-state index in [1.165, 1.54) is 0 Å². The molecule has 0 radical (unpaired) electrons. The monoisotopic (exact) mass is 269 g/mol. The summed E-state index contributed by atoms with van der Waals surface area (Å²) in [6.07, 6.45) is 3.23. The number of rotatable bonds is 5. The summed E-state index contributed by atoms with van der Waals surface area (Å²) in [5, 5.41) is 0. The smallest absolute Gasteiger partial charge is 0.236 e. The van der Waals surface area contributed by atoms with Gasteiger partial charge in [-0.25, -0.2) is 0 Å². The van der Waals surface area contributed by atoms with Gasteiger partial charge in [0.25, 0.3) is 0 Å². The van der Waals surface area contributed by atoms with E-state index in [1.807, 2.05) is 11.9 Å². The van der Waals surface area contributed by atoms with Gasteiger partial charge in [0.15, 0.2) is 0 Å². The summed E-state index contributed by atoms with van der Waals surface area (Å²) < 4.78 is 0. The van der Waals surface area contributed by atoms with Crippen LogP contribution in [0.2, 0.25) is 0 Å². The summed E-state index contributed by atoms with van der Waals surface area (Å²) in [7, 11) is 2.03. The lowest BCUT2D eigenvalue weighted by Gasteiger charge is -2.41. The number of amides is 1. The molecule has 0 aromatic heterocycles. The van der Waals surface area contributed by atoms with Crippen LogP contribution in [0.5, 0.6) is 0 Å². The van der Waals surface area contributed by atoms with Gasteiger partial charge in [0.2, 0.25) is 5.91 Å². The highest BCUT2D eigenvalue weighted by atomic mass is 16.2. The molecular formula is C15H31N3O. The maximum absolute atomic E-state index is 12.2. The molecule has 112 valence electrons. The van der Waals surface area contributed by atoms with Crippen LogP contribution in [0.4, 0.5) is 0 Å². The molecule has 1 fully saturated rings. The Morgan fingerprint density at radius 3 is 2.26 bits per heavy atom. The Kier molecular flexibility index (Phi) is 5.81. The van der Waals surface area contributed by atoms with Crippen molar-refractivity contribution >= 4 is 5.91 Å². The SMILES string of the molecule is CCC(N)C(N(C)CC(=O)N1CCCC1)C(C)(C)C. The van der Waals surface area contributed by atoms with Crippen LogP contribution in [0.3, 0.4) is 0 Å². The molecule has 0 saturated carbocycles. The summed E-state index contributed by atoms with van der Waals surface area (Å²) in [5.41, 5.74) is 6.35. The molecule has 2 N–H and O–H groups in total. The van der Waals surface area contributed by atoms with Crippen molar-refractivity contribution in [2.24, 2.45) is 11.1 Å². The number of nitrogens with zero attached hydrogens (tertiary/aromatic N) is 2. The van der Waals surface area contributed by atoms with Crippen molar-refractivity contribution in [3.05, 3.63) is 0 Å². The first kappa shape index (κ1) is 16.4. The van der Waals surface area contributed by atoms with Gasteiger partial charge in [0.1, 0.15) is 0 Å². The maximum Gasteiger partial charge on any atom is 0.236 e. The van der Waals surface area contributed by atoms with E-state index in [0.717, 1.165) is 32.4 Å². The highest BCUT2D eigenvalue weighted by Crippen LogP contribution is 2.26. The molecule has 19 heavy (non-hydrogen) atoms. The number of hydrogen-bond acceptors (Lipinski definition) is 3.